The molecule has 7 nitrogen and oxygen atoms in total. The number of carbonyl (C=O) groups excluding carboxylic acids is 1. The van der Waals surface area contributed by atoms with Crippen molar-refractivity contribution in [1.82, 2.24) is 5.32 Å². The summed E-state index contributed by atoms with van der Waals surface area (Å²) in [6.45, 7) is 1.33. The molecular weight excluding hydrogens is 381 g/mol. The van der Waals surface area contributed by atoms with E-state index in [0.29, 0.717) is 12.8 Å². The molecule has 0 aliphatic rings. The minimum atomic E-state index is -4.61. The van der Waals surface area contributed by atoms with Crippen molar-refractivity contribution in [3.05, 3.63) is 35.4 Å². The summed E-state index contributed by atoms with van der Waals surface area (Å²) in [5, 5.41) is 11.7. The first-order valence-electron chi connectivity index (χ1n) is 10.0. The Morgan fingerprint density at radius 2 is 1.61 bits per heavy atom. The normalized spacial score (nSPS) is 12.7. The number of amides is 1. The minimum Gasteiger partial charge on any atom is -0.394 e. The van der Waals surface area contributed by atoms with Crippen molar-refractivity contribution >= 4 is 13.7 Å². The number of rotatable bonds is 15. The van der Waals surface area contributed by atoms with Gasteiger partial charge in [0.25, 0.3) is 0 Å². The van der Waals surface area contributed by atoms with Crippen molar-refractivity contribution in [3.8, 4) is 0 Å². The Morgan fingerprint density at radius 3 is 2.11 bits per heavy atom. The standard InChI is InChI=1S/C20H34NO6P/c1-2-3-4-5-8-17-11-13-18(14-12-17)9-6-7-10-20(23)21-19(15-22)16-27-28(24,25)26/h11-14,19,22H,2-10,15-16H2,1H3,(H,21,23)(H2,24,25,26)/t19-/m1/s1. The molecule has 0 heterocycles. The van der Waals surface area contributed by atoms with Crippen molar-refractivity contribution in [3.63, 3.8) is 0 Å². The monoisotopic (exact) mass is 415 g/mol. The molecule has 0 saturated carbocycles. The number of nitrogens with one attached hydrogen (secondary N) is 1. The zero-order valence-corrected chi connectivity index (χ0v) is 17.6. The first-order chi connectivity index (χ1) is 13.3. The lowest BCUT2D eigenvalue weighted by Gasteiger charge is -2.16. The van der Waals surface area contributed by atoms with Crippen molar-refractivity contribution in [2.75, 3.05) is 13.2 Å². The quantitative estimate of drug-likeness (QED) is 0.258. The van der Waals surface area contributed by atoms with Gasteiger partial charge in [-0.05, 0) is 43.2 Å². The molecule has 8 heteroatoms. The second-order valence-corrected chi connectivity index (χ2v) is 8.31. The van der Waals surface area contributed by atoms with Gasteiger partial charge < -0.3 is 20.2 Å². The number of hydrogen-bond acceptors (Lipinski definition) is 4. The summed E-state index contributed by atoms with van der Waals surface area (Å²) in [5.74, 6) is -0.268. The Labute approximate surface area is 167 Å². The van der Waals surface area contributed by atoms with Gasteiger partial charge in [-0.3, -0.25) is 9.32 Å². The molecule has 0 fully saturated rings. The van der Waals surface area contributed by atoms with Gasteiger partial charge >= 0.3 is 7.82 Å². The number of phosphoric ester groups is 1. The summed E-state index contributed by atoms with van der Waals surface area (Å²) < 4.78 is 15.0. The molecule has 28 heavy (non-hydrogen) atoms. The fourth-order valence-electron chi connectivity index (χ4n) is 2.87. The molecule has 1 aromatic rings. The van der Waals surface area contributed by atoms with Gasteiger partial charge in [-0.25, -0.2) is 4.57 Å². The third-order valence-corrected chi connectivity index (χ3v) is 4.98. The molecule has 0 aliphatic carbocycles. The fraction of sp³-hybridized carbons (Fsp3) is 0.650. The lowest BCUT2D eigenvalue weighted by Crippen LogP contribution is -2.40. The maximum Gasteiger partial charge on any atom is 0.469 e. The molecule has 1 rings (SSSR count). The van der Waals surface area contributed by atoms with Gasteiger partial charge in [0.15, 0.2) is 0 Å². The Morgan fingerprint density at radius 1 is 1.04 bits per heavy atom. The molecule has 4 N–H and O–H groups in total. The van der Waals surface area contributed by atoms with Gasteiger partial charge in [-0.2, -0.15) is 0 Å². The van der Waals surface area contributed by atoms with Gasteiger partial charge in [0.1, 0.15) is 0 Å². The van der Waals surface area contributed by atoms with Crippen LogP contribution in [0.3, 0.4) is 0 Å². The number of carbonyl (C=O) groups is 1. The van der Waals surface area contributed by atoms with Crippen LogP contribution in [0, 0.1) is 0 Å². The first-order valence-corrected chi connectivity index (χ1v) is 11.5. The van der Waals surface area contributed by atoms with E-state index in [4.69, 9.17) is 14.9 Å². The molecule has 0 unspecified atom stereocenters. The summed E-state index contributed by atoms with van der Waals surface area (Å²) in [7, 11) is -4.61. The molecule has 0 saturated heterocycles. The lowest BCUT2D eigenvalue weighted by molar-refractivity contribution is -0.122. The molecular formula is C20H34NO6P. The van der Waals surface area contributed by atoms with E-state index in [-0.39, 0.29) is 5.91 Å². The Kier molecular flexibility index (Phi) is 12.3. The van der Waals surface area contributed by atoms with Crippen LogP contribution in [0.5, 0.6) is 0 Å². The van der Waals surface area contributed by atoms with Gasteiger partial charge in [-0.1, -0.05) is 50.5 Å². The molecule has 0 spiro atoms. The first kappa shape index (κ1) is 24.8. The van der Waals surface area contributed by atoms with E-state index in [1.165, 1.54) is 36.8 Å². The van der Waals surface area contributed by atoms with E-state index in [9.17, 15) is 9.36 Å². The number of hydrogen-bond donors (Lipinski definition) is 4. The van der Waals surface area contributed by atoms with Gasteiger partial charge in [0.2, 0.25) is 5.91 Å². The van der Waals surface area contributed by atoms with Crippen LogP contribution in [0.15, 0.2) is 24.3 Å². The van der Waals surface area contributed by atoms with Crippen molar-refractivity contribution in [2.45, 2.75) is 70.8 Å². The Hall–Kier alpha value is -1.24. The van der Waals surface area contributed by atoms with E-state index < -0.39 is 27.1 Å². The number of phosphoric acid groups is 1. The number of aliphatic hydroxyl groups excluding tert-OH is 1. The van der Waals surface area contributed by atoms with E-state index >= 15 is 0 Å². The average Bonchev–Trinajstić information content (AvgIpc) is 2.66. The third kappa shape index (κ3) is 12.3. The van der Waals surface area contributed by atoms with Gasteiger partial charge in [0.05, 0.1) is 19.3 Å². The molecule has 1 atom stereocenters. The van der Waals surface area contributed by atoms with Crippen LogP contribution >= 0.6 is 7.82 Å². The lowest BCUT2D eigenvalue weighted by atomic mass is 10.0. The molecule has 0 bridgehead atoms. The topological polar surface area (TPSA) is 116 Å². The van der Waals surface area contributed by atoms with Crippen LogP contribution in [0.2, 0.25) is 0 Å². The highest BCUT2D eigenvalue weighted by Gasteiger charge is 2.19. The van der Waals surface area contributed by atoms with E-state index in [2.05, 4.69) is 41.0 Å². The summed E-state index contributed by atoms with van der Waals surface area (Å²) >= 11 is 0. The SMILES string of the molecule is CCCCCCc1ccc(CCCCC(=O)N[C@H](CO)COP(=O)(O)O)cc1. The van der Waals surface area contributed by atoms with Crippen molar-refractivity contribution in [1.29, 1.82) is 0 Å². The second-order valence-electron chi connectivity index (χ2n) is 7.07. The molecule has 1 amide bonds. The smallest absolute Gasteiger partial charge is 0.394 e. The molecule has 0 radical (unpaired) electrons. The maximum atomic E-state index is 11.9. The average molecular weight is 415 g/mol. The van der Waals surface area contributed by atoms with Crippen molar-refractivity contribution < 1.29 is 28.8 Å². The third-order valence-electron chi connectivity index (χ3n) is 4.49. The van der Waals surface area contributed by atoms with Crippen LogP contribution in [0.4, 0.5) is 0 Å². The summed E-state index contributed by atoms with van der Waals surface area (Å²) in [6.07, 6.45) is 8.93. The minimum absolute atomic E-state index is 0.268. The highest BCUT2D eigenvalue weighted by atomic mass is 31.2. The van der Waals surface area contributed by atoms with Gasteiger partial charge in [-0.15, -0.1) is 0 Å². The Bertz CT molecular complexity index is 601. The summed E-state index contributed by atoms with van der Waals surface area (Å²) in [4.78, 5) is 29.2. The molecule has 0 aliphatic heterocycles. The number of benzene rings is 1. The van der Waals surface area contributed by atoms with E-state index in [1.807, 2.05) is 0 Å². The predicted molar refractivity (Wildman–Crippen MR) is 109 cm³/mol. The summed E-state index contributed by atoms with van der Waals surface area (Å²) in [6, 6.07) is 7.83. The van der Waals surface area contributed by atoms with Gasteiger partial charge in [0, 0.05) is 6.42 Å². The second kappa shape index (κ2) is 13.9. The van der Waals surface area contributed by atoms with Crippen LogP contribution < -0.4 is 5.32 Å². The maximum absolute atomic E-state index is 11.9. The van der Waals surface area contributed by atoms with Crippen molar-refractivity contribution in [2.24, 2.45) is 0 Å². The number of aliphatic hydroxyl groups is 1. The number of unbranched alkanes of at least 4 members (excludes halogenated alkanes) is 4. The van der Waals surface area contributed by atoms with Crippen LogP contribution in [-0.2, 0) is 26.7 Å². The largest absolute Gasteiger partial charge is 0.469 e. The fourth-order valence-corrected chi connectivity index (χ4v) is 3.24. The zero-order valence-electron chi connectivity index (χ0n) is 16.7. The number of aryl methyl sites for hydroxylation is 2. The predicted octanol–water partition coefficient (Wildman–Crippen LogP) is 3.11. The summed E-state index contributed by atoms with van der Waals surface area (Å²) in [5.41, 5.74) is 2.62. The highest BCUT2D eigenvalue weighted by Crippen LogP contribution is 2.35. The van der Waals surface area contributed by atoms with E-state index in [1.54, 1.807) is 0 Å². The molecule has 0 aromatic heterocycles. The van der Waals surface area contributed by atoms with Crippen LogP contribution in [0.25, 0.3) is 0 Å². The highest BCUT2D eigenvalue weighted by molar-refractivity contribution is 7.46. The van der Waals surface area contributed by atoms with E-state index in [0.717, 1.165) is 19.3 Å². The Balaban J connectivity index is 2.21. The molecule has 160 valence electrons. The molecule has 1 aromatic carbocycles. The zero-order chi connectivity index (χ0) is 20.8. The van der Waals surface area contributed by atoms with Crippen LogP contribution in [-0.4, -0.2) is 40.1 Å². The van der Waals surface area contributed by atoms with Crippen LogP contribution in [0.1, 0.15) is 63.0 Å².